The van der Waals surface area contributed by atoms with Gasteiger partial charge in [-0.2, -0.15) is 0 Å². The van der Waals surface area contributed by atoms with Gasteiger partial charge in [-0.25, -0.2) is 9.18 Å². The molecule has 4 nitrogen and oxygen atoms in total. The Balaban J connectivity index is 2.59. The van der Waals surface area contributed by atoms with Crippen LogP contribution in [0.15, 0.2) is 36.7 Å². The van der Waals surface area contributed by atoms with Crippen LogP contribution < -0.4 is 4.90 Å². The number of hydrogen-bond acceptors (Lipinski definition) is 2. The molecule has 0 spiro atoms. The summed E-state index contributed by atoms with van der Waals surface area (Å²) in [6.07, 6.45) is 1.98. The van der Waals surface area contributed by atoms with Crippen molar-refractivity contribution >= 4 is 11.8 Å². The first kappa shape index (κ1) is 13.0. The average Bonchev–Trinajstić information content (AvgIpc) is 2.38. The van der Waals surface area contributed by atoms with Gasteiger partial charge in [0.25, 0.3) is 0 Å². The van der Waals surface area contributed by atoms with Gasteiger partial charge in [0.05, 0.1) is 11.9 Å². The minimum absolute atomic E-state index is 0.316. The number of rotatable bonds is 2. The van der Waals surface area contributed by atoms with Gasteiger partial charge in [-0.05, 0) is 36.2 Å². The second kappa shape index (κ2) is 5.06. The minimum Gasteiger partial charge on any atom is -0.465 e. The molecular formula is C14H13FN2O2. The fourth-order valence-corrected chi connectivity index (χ4v) is 1.91. The fraction of sp³-hybridized carbons (Fsp3) is 0.143. The lowest BCUT2D eigenvalue weighted by Crippen LogP contribution is -2.24. The third-order valence-electron chi connectivity index (χ3n) is 2.93. The maximum absolute atomic E-state index is 13.1. The van der Waals surface area contributed by atoms with Gasteiger partial charge in [-0.1, -0.05) is 6.07 Å². The monoisotopic (exact) mass is 260 g/mol. The lowest BCUT2D eigenvalue weighted by molar-refractivity contribution is 0.203. The van der Waals surface area contributed by atoms with Crippen LogP contribution in [0, 0.1) is 12.7 Å². The van der Waals surface area contributed by atoms with Crippen molar-refractivity contribution in [3.8, 4) is 11.1 Å². The quantitative estimate of drug-likeness (QED) is 0.901. The Kier molecular flexibility index (Phi) is 3.46. The zero-order valence-electron chi connectivity index (χ0n) is 10.6. The van der Waals surface area contributed by atoms with Crippen LogP contribution in [0.2, 0.25) is 0 Å². The van der Waals surface area contributed by atoms with Crippen LogP contribution in [-0.4, -0.2) is 23.2 Å². The first-order valence-electron chi connectivity index (χ1n) is 5.68. The lowest BCUT2D eigenvalue weighted by Gasteiger charge is -2.18. The molecule has 0 aliphatic rings. The van der Waals surface area contributed by atoms with Crippen LogP contribution in [-0.2, 0) is 0 Å². The molecule has 5 heteroatoms. The molecule has 19 heavy (non-hydrogen) atoms. The molecule has 0 radical (unpaired) electrons. The highest BCUT2D eigenvalue weighted by atomic mass is 19.1. The van der Waals surface area contributed by atoms with Crippen molar-refractivity contribution < 1.29 is 14.3 Å². The summed E-state index contributed by atoms with van der Waals surface area (Å²) in [6.45, 7) is 1.78. The summed E-state index contributed by atoms with van der Waals surface area (Å²) in [7, 11) is 1.45. The number of hydrogen-bond donors (Lipinski definition) is 1. The minimum atomic E-state index is -1.07. The van der Waals surface area contributed by atoms with E-state index in [2.05, 4.69) is 4.98 Å². The largest absolute Gasteiger partial charge is 0.465 e. The summed E-state index contributed by atoms with van der Waals surface area (Å²) >= 11 is 0. The zero-order valence-corrected chi connectivity index (χ0v) is 10.6. The number of halogens is 1. The van der Waals surface area contributed by atoms with Gasteiger partial charge in [0, 0.05) is 18.8 Å². The molecule has 0 bridgehead atoms. The van der Waals surface area contributed by atoms with E-state index in [0.717, 1.165) is 16.0 Å². The van der Waals surface area contributed by atoms with Crippen LogP contribution in [0.1, 0.15) is 5.56 Å². The van der Waals surface area contributed by atoms with Crippen LogP contribution in [0.5, 0.6) is 0 Å². The highest BCUT2D eigenvalue weighted by Crippen LogP contribution is 2.31. The first-order valence-corrected chi connectivity index (χ1v) is 5.68. The number of nitrogens with zero attached hydrogens (tertiary/aromatic N) is 2. The van der Waals surface area contributed by atoms with Gasteiger partial charge >= 0.3 is 6.09 Å². The molecule has 1 amide bonds. The number of carboxylic acid groups (broad SMARTS) is 1. The van der Waals surface area contributed by atoms with E-state index in [1.165, 1.54) is 25.4 Å². The average molecular weight is 260 g/mol. The molecule has 0 fully saturated rings. The fourth-order valence-electron chi connectivity index (χ4n) is 1.91. The second-order valence-electron chi connectivity index (χ2n) is 4.19. The molecule has 0 unspecified atom stereocenters. The van der Waals surface area contributed by atoms with Crippen LogP contribution >= 0.6 is 0 Å². The number of anilines is 1. The predicted molar refractivity (Wildman–Crippen MR) is 70.8 cm³/mol. The van der Waals surface area contributed by atoms with E-state index in [1.54, 1.807) is 25.3 Å². The predicted octanol–water partition coefficient (Wildman–Crippen LogP) is 3.31. The molecular weight excluding hydrogens is 247 g/mol. The zero-order chi connectivity index (χ0) is 14.0. The summed E-state index contributed by atoms with van der Waals surface area (Å²) in [5.74, 6) is -0.316. The van der Waals surface area contributed by atoms with Crippen molar-refractivity contribution in [2.75, 3.05) is 11.9 Å². The Labute approximate surface area is 110 Å². The van der Waals surface area contributed by atoms with E-state index in [4.69, 9.17) is 5.11 Å². The van der Waals surface area contributed by atoms with Crippen molar-refractivity contribution in [3.63, 3.8) is 0 Å². The number of benzene rings is 1. The van der Waals surface area contributed by atoms with E-state index in [0.29, 0.717) is 11.3 Å². The first-order chi connectivity index (χ1) is 9.00. The Hall–Kier alpha value is -2.43. The van der Waals surface area contributed by atoms with Gasteiger partial charge in [0.1, 0.15) is 5.82 Å². The number of aromatic nitrogens is 1. The van der Waals surface area contributed by atoms with E-state index in [1.807, 2.05) is 0 Å². The molecule has 0 aliphatic heterocycles. The molecule has 0 saturated carbocycles. The van der Waals surface area contributed by atoms with Crippen molar-refractivity contribution in [1.82, 2.24) is 4.98 Å². The van der Waals surface area contributed by atoms with E-state index in [-0.39, 0.29) is 5.82 Å². The molecule has 98 valence electrons. The number of carbonyl (C=O) groups is 1. The smallest absolute Gasteiger partial charge is 0.411 e. The van der Waals surface area contributed by atoms with Gasteiger partial charge < -0.3 is 5.11 Å². The Bertz CT molecular complexity index is 629. The van der Waals surface area contributed by atoms with Crippen LogP contribution in [0.4, 0.5) is 14.9 Å². The number of amides is 1. The Morgan fingerprint density at radius 2 is 2.05 bits per heavy atom. The second-order valence-corrected chi connectivity index (χ2v) is 4.19. The summed E-state index contributed by atoms with van der Waals surface area (Å²) in [5.41, 5.74) is 2.69. The van der Waals surface area contributed by atoms with Crippen LogP contribution in [0.25, 0.3) is 11.1 Å². The highest BCUT2D eigenvalue weighted by molar-refractivity contribution is 5.92. The van der Waals surface area contributed by atoms with Gasteiger partial charge in [0.2, 0.25) is 0 Å². The number of pyridine rings is 1. The molecule has 0 atom stereocenters. The van der Waals surface area contributed by atoms with Crippen LogP contribution in [0.3, 0.4) is 0 Å². The van der Waals surface area contributed by atoms with Crippen molar-refractivity contribution in [1.29, 1.82) is 0 Å². The molecule has 1 heterocycles. The third-order valence-corrected chi connectivity index (χ3v) is 2.93. The summed E-state index contributed by atoms with van der Waals surface area (Å²) in [4.78, 5) is 16.1. The van der Waals surface area contributed by atoms with E-state index >= 15 is 0 Å². The number of aryl methyl sites for hydroxylation is 1. The molecule has 1 aromatic heterocycles. The molecule has 0 aliphatic carbocycles. The SMILES string of the molecule is Cc1cc(F)ccc1-c1ccncc1N(C)C(=O)O. The maximum atomic E-state index is 13.1. The normalized spacial score (nSPS) is 10.3. The van der Waals surface area contributed by atoms with Gasteiger partial charge in [0.15, 0.2) is 0 Å². The van der Waals surface area contributed by atoms with Gasteiger partial charge in [-0.15, -0.1) is 0 Å². The van der Waals surface area contributed by atoms with E-state index < -0.39 is 6.09 Å². The Morgan fingerprint density at radius 1 is 1.32 bits per heavy atom. The molecule has 1 aromatic carbocycles. The van der Waals surface area contributed by atoms with Gasteiger partial charge in [-0.3, -0.25) is 9.88 Å². The molecule has 0 saturated heterocycles. The molecule has 1 N–H and O–H groups in total. The van der Waals surface area contributed by atoms with Crippen molar-refractivity contribution in [2.24, 2.45) is 0 Å². The molecule has 2 rings (SSSR count). The topological polar surface area (TPSA) is 53.4 Å². The Morgan fingerprint density at radius 3 is 2.68 bits per heavy atom. The summed E-state index contributed by atoms with van der Waals surface area (Å²) < 4.78 is 13.1. The maximum Gasteiger partial charge on any atom is 0.411 e. The summed E-state index contributed by atoms with van der Waals surface area (Å²) in [5, 5.41) is 9.06. The third kappa shape index (κ3) is 2.54. The van der Waals surface area contributed by atoms with Crippen molar-refractivity contribution in [2.45, 2.75) is 6.92 Å². The molecule has 2 aromatic rings. The highest BCUT2D eigenvalue weighted by Gasteiger charge is 2.15. The lowest BCUT2D eigenvalue weighted by atomic mass is 10.00. The van der Waals surface area contributed by atoms with E-state index in [9.17, 15) is 9.18 Å². The standard InChI is InChI=1S/C14H13FN2O2/c1-9-7-10(15)3-4-11(9)12-5-6-16-8-13(12)17(2)14(18)19/h3-8H,1-2H3,(H,18,19). The van der Waals surface area contributed by atoms with Crippen molar-refractivity contribution in [3.05, 3.63) is 48.0 Å². The summed E-state index contributed by atoms with van der Waals surface area (Å²) in [6, 6.07) is 6.13.